The molecule has 2 fully saturated rings. The van der Waals surface area contributed by atoms with Crippen LogP contribution in [-0.4, -0.2) is 31.3 Å². The Labute approximate surface area is 148 Å². The van der Waals surface area contributed by atoms with Crippen molar-refractivity contribution in [1.82, 2.24) is 0 Å². The molecule has 3 unspecified atom stereocenters. The molecule has 3 heteroatoms. The molecular formula is C21H37NO2. The number of hydrogen-bond donors (Lipinski definition) is 0. The van der Waals surface area contributed by atoms with Gasteiger partial charge in [0.05, 0.1) is 19.3 Å². The van der Waals surface area contributed by atoms with Gasteiger partial charge in [0, 0.05) is 5.71 Å². The molecule has 2 aliphatic heterocycles. The first-order valence-electron chi connectivity index (χ1n) is 10.7. The van der Waals surface area contributed by atoms with Crippen LogP contribution in [0.3, 0.4) is 0 Å². The molecule has 3 nitrogen and oxygen atoms in total. The molecule has 0 amide bonds. The van der Waals surface area contributed by atoms with Crippen LogP contribution < -0.4 is 0 Å². The summed E-state index contributed by atoms with van der Waals surface area (Å²) in [6.07, 6.45) is 17.3. The summed E-state index contributed by atoms with van der Waals surface area (Å²) in [6.45, 7) is 3.87. The van der Waals surface area contributed by atoms with Gasteiger partial charge in [0.15, 0.2) is 6.29 Å². The minimum absolute atomic E-state index is 0.0740. The summed E-state index contributed by atoms with van der Waals surface area (Å²) in [4.78, 5) is 5.21. The van der Waals surface area contributed by atoms with Gasteiger partial charge < -0.3 is 9.47 Å². The Morgan fingerprint density at radius 1 is 0.958 bits per heavy atom. The van der Waals surface area contributed by atoms with E-state index in [1.165, 1.54) is 82.8 Å². The monoisotopic (exact) mass is 335 g/mol. The normalized spacial score (nSPS) is 31.0. The van der Waals surface area contributed by atoms with Crippen molar-refractivity contribution in [1.29, 1.82) is 0 Å². The Morgan fingerprint density at radius 3 is 2.62 bits per heavy atom. The zero-order valence-corrected chi connectivity index (χ0v) is 15.7. The molecule has 0 bridgehead atoms. The zero-order valence-electron chi connectivity index (χ0n) is 15.7. The second-order valence-corrected chi connectivity index (χ2v) is 8.07. The van der Waals surface area contributed by atoms with Gasteiger partial charge in [-0.25, -0.2) is 0 Å². The highest BCUT2D eigenvalue weighted by Crippen LogP contribution is 2.40. The van der Waals surface area contributed by atoms with Crippen molar-refractivity contribution in [2.75, 3.05) is 13.2 Å². The van der Waals surface area contributed by atoms with E-state index in [2.05, 4.69) is 6.92 Å². The van der Waals surface area contributed by atoms with E-state index in [1.54, 1.807) is 0 Å². The lowest BCUT2D eigenvalue weighted by Gasteiger charge is -2.39. The highest BCUT2D eigenvalue weighted by atomic mass is 16.7. The molecule has 3 rings (SSSR count). The summed E-state index contributed by atoms with van der Waals surface area (Å²) in [5, 5.41) is 0. The average molecular weight is 336 g/mol. The lowest BCUT2D eigenvalue weighted by Crippen LogP contribution is -2.35. The van der Waals surface area contributed by atoms with E-state index in [-0.39, 0.29) is 6.29 Å². The summed E-state index contributed by atoms with van der Waals surface area (Å²) in [6, 6.07) is 0.663. The second kappa shape index (κ2) is 9.91. The van der Waals surface area contributed by atoms with Crippen molar-refractivity contribution in [2.45, 2.75) is 103 Å². The molecule has 0 radical (unpaired) electrons. The Morgan fingerprint density at radius 2 is 1.79 bits per heavy atom. The van der Waals surface area contributed by atoms with Crippen molar-refractivity contribution >= 4 is 5.71 Å². The molecule has 1 saturated carbocycles. The number of fused-ring (bicyclic) bond motifs is 1. The van der Waals surface area contributed by atoms with Gasteiger partial charge in [0.1, 0.15) is 0 Å². The molecule has 1 saturated heterocycles. The summed E-state index contributed by atoms with van der Waals surface area (Å²) in [5.41, 5.74) is 1.51. The van der Waals surface area contributed by atoms with Gasteiger partial charge in [0.25, 0.3) is 0 Å². The van der Waals surface area contributed by atoms with Crippen LogP contribution in [-0.2, 0) is 9.47 Å². The molecule has 3 atom stereocenters. The van der Waals surface area contributed by atoms with Crippen LogP contribution in [0, 0.1) is 11.8 Å². The van der Waals surface area contributed by atoms with E-state index in [9.17, 15) is 0 Å². The fraction of sp³-hybridized carbons (Fsp3) is 0.952. The second-order valence-electron chi connectivity index (χ2n) is 8.07. The van der Waals surface area contributed by atoms with Gasteiger partial charge in [-0.15, -0.1) is 0 Å². The van der Waals surface area contributed by atoms with E-state index < -0.39 is 0 Å². The summed E-state index contributed by atoms with van der Waals surface area (Å²) in [5.74, 6) is 1.87. The van der Waals surface area contributed by atoms with Gasteiger partial charge in [-0.05, 0) is 56.8 Å². The van der Waals surface area contributed by atoms with Gasteiger partial charge >= 0.3 is 0 Å². The number of nitrogens with zero attached hydrogens (tertiary/aromatic N) is 1. The van der Waals surface area contributed by atoms with Crippen LogP contribution in [0.25, 0.3) is 0 Å². The van der Waals surface area contributed by atoms with Crippen molar-refractivity contribution in [2.24, 2.45) is 16.8 Å². The Kier molecular flexibility index (Phi) is 7.59. The highest BCUT2D eigenvalue weighted by molar-refractivity contribution is 5.85. The molecule has 0 N–H and O–H groups in total. The van der Waals surface area contributed by atoms with E-state index in [1.807, 2.05) is 0 Å². The van der Waals surface area contributed by atoms with Crippen LogP contribution in [0.2, 0.25) is 0 Å². The third-order valence-electron chi connectivity index (χ3n) is 6.31. The molecule has 24 heavy (non-hydrogen) atoms. The predicted octanol–water partition coefficient (Wildman–Crippen LogP) is 5.52. The van der Waals surface area contributed by atoms with Gasteiger partial charge in [-0.1, -0.05) is 45.4 Å². The minimum atomic E-state index is 0.0740. The lowest BCUT2D eigenvalue weighted by atomic mass is 9.70. The number of aliphatic imine (C=N–C) groups is 1. The van der Waals surface area contributed by atoms with Crippen LogP contribution in [0.5, 0.6) is 0 Å². The van der Waals surface area contributed by atoms with Gasteiger partial charge in [-0.2, -0.15) is 0 Å². The van der Waals surface area contributed by atoms with Crippen molar-refractivity contribution in [3.63, 3.8) is 0 Å². The van der Waals surface area contributed by atoms with Crippen LogP contribution in [0.15, 0.2) is 4.99 Å². The summed E-state index contributed by atoms with van der Waals surface area (Å²) in [7, 11) is 0. The Balaban J connectivity index is 1.39. The number of hydrogen-bond acceptors (Lipinski definition) is 3. The van der Waals surface area contributed by atoms with E-state index >= 15 is 0 Å². The summed E-state index contributed by atoms with van der Waals surface area (Å²) >= 11 is 0. The minimum Gasteiger partial charge on any atom is -0.350 e. The number of ether oxygens (including phenoxy) is 2. The molecule has 2 heterocycles. The first kappa shape index (κ1) is 18.4. The predicted molar refractivity (Wildman–Crippen MR) is 99.6 cm³/mol. The molecule has 0 aromatic carbocycles. The van der Waals surface area contributed by atoms with Crippen LogP contribution in [0.1, 0.15) is 90.4 Å². The maximum absolute atomic E-state index is 5.52. The first-order chi connectivity index (χ1) is 11.9. The SMILES string of the molecule is CCCCCC1CCCC2N=C(CCCCC3OCCO3)CCC12. The maximum Gasteiger partial charge on any atom is 0.157 e. The van der Waals surface area contributed by atoms with Gasteiger partial charge in [-0.3, -0.25) is 4.99 Å². The standard InChI is InChI=1S/C21H37NO2/c1-2-3-4-8-17-9-7-11-20-19(17)14-13-18(22-20)10-5-6-12-21-23-15-16-24-21/h17,19-21H,2-16H2,1H3. The third-order valence-corrected chi connectivity index (χ3v) is 6.31. The number of rotatable bonds is 9. The molecule has 0 aromatic heterocycles. The van der Waals surface area contributed by atoms with Gasteiger partial charge in [0.2, 0.25) is 0 Å². The number of unbranched alkanes of at least 4 members (excludes halogenated alkanes) is 3. The fourth-order valence-corrected chi connectivity index (χ4v) is 4.97. The molecule has 3 aliphatic rings. The van der Waals surface area contributed by atoms with Crippen molar-refractivity contribution in [3.05, 3.63) is 0 Å². The van der Waals surface area contributed by atoms with E-state index in [4.69, 9.17) is 14.5 Å². The molecule has 1 aliphatic carbocycles. The average Bonchev–Trinajstić information content (AvgIpc) is 3.12. The zero-order chi connectivity index (χ0) is 16.6. The largest absolute Gasteiger partial charge is 0.350 e. The molecule has 0 aromatic rings. The highest BCUT2D eigenvalue weighted by Gasteiger charge is 2.34. The maximum atomic E-state index is 5.52. The molecule has 138 valence electrons. The van der Waals surface area contributed by atoms with E-state index in [0.29, 0.717) is 6.04 Å². The van der Waals surface area contributed by atoms with Crippen LogP contribution >= 0.6 is 0 Å². The topological polar surface area (TPSA) is 30.8 Å². The quantitative estimate of drug-likeness (QED) is 0.519. The van der Waals surface area contributed by atoms with Crippen molar-refractivity contribution in [3.8, 4) is 0 Å². The van der Waals surface area contributed by atoms with Crippen molar-refractivity contribution < 1.29 is 9.47 Å². The van der Waals surface area contributed by atoms with E-state index in [0.717, 1.165) is 31.5 Å². The summed E-state index contributed by atoms with van der Waals surface area (Å²) < 4.78 is 11.0. The third kappa shape index (κ3) is 5.29. The Hall–Kier alpha value is -0.410. The fourth-order valence-electron chi connectivity index (χ4n) is 4.97. The first-order valence-corrected chi connectivity index (χ1v) is 10.7. The van der Waals surface area contributed by atoms with Crippen LogP contribution in [0.4, 0.5) is 0 Å². The molecular weight excluding hydrogens is 298 g/mol. The lowest BCUT2D eigenvalue weighted by molar-refractivity contribution is -0.0478. The smallest absolute Gasteiger partial charge is 0.157 e. The molecule has 0 spiro atoms. The Bertz CT molecular complexity index is 389.